The first kappa shape index (κ1) is 14.1. The number of hydrogen-bond donors (Lipinski definition) is 2. The van der Waals surface area contributed by atoms with Crippen LogP contribution in [0.1, 0.15) is 44.0 Å². The predicted octanol–water partition coefficient (Wildman–Crippen LogP) is 2.07. The van der Waals surface area contributed by atoms with Crippen LogP contribution < -0.4 is 5.32 Å². The monoisotopic (exact) mass is 267 g/mol. The molecular formula is C14H21NO4. The Morgan fingerprint density at radius 3 is 2.63 bits per heavy atom. The highest BCUT2D eigenvalue weighted by atomic mass is 16.5. The van der Waals surface area contributed by atoms with Crippen molar-refractivity contribution in [2.24, 2.45) is 0 Å². The zero-order valence-electron chi connectivity index (χ0n) is 11.8. The Kier molecular flexibility index (Phi) is 3.45. The van der Waals surface area contributed by atoms with E-state index in [1.54, 1.807) is 6.07 Å². The van der Waals surface area contributed by atoms with Gasteiger partial charge in [0.25, 0.3) is 0 Å². The third-order valence-corrected chi connectivity index (χ3v) is 4.04. The maximum absolute atomic E-state index is 10.8. The summed E-state index contributed by atoms with van der Waals surface area (Å²) < 4.78 is 11.2. The van der Waals surface area contributed by atoms with Crippen molar-refractivity contribution in [1.82, 2.24) is 5.32 Å². The Labute approximate surface area is 112 Å². The van der Waals surface area contributed by atoms with Crippen LogP contribution in [-0.4, -0.2) is 34.9 Å². The Balaban J connectivity index is 2.03. The molecule has 1 fully saturated rings. The fraction of sp³-hybridized carbons (Fsp3) is 0.643. The molecule has 1 aliphatic rings. The fourth-order valence-electron chi connectivity index (χ4n) is 2.17. The number of hydrogen-bond acceptors (Lipinski definition) is 4. The Bertz CT molecular complexity index is 476. The number of nitrogens with one attached hydrogen (secondary N) is 1. The summed E-state index contributed by atoms with van der Waals surface area (Å²) in [5, 5.41) is 12.4. The van der Waals surface area contributed by atoms with Gasteiger partial charge in [-0.15, -0.1) is 0 Å². The van der Waals surface area contributed by atoms with Crippen LogP contribution in [0.15, 0.2) is 16.5 Å². The molecule has 106 valence electrons. The second kappa shape index (κ2) is 4.65. The molecule has 0 saturated carbocycles. The Morgan fingerprint density at radius 1 is 1.42 bits per heavy atom. The maximum Gasteiger partial charge on any atom is 0.371 e. The molecule has 1 saturated heterocycles. The minimum absolute atomic E-state index is 0.0219. The van der Waals surface area contributed by atoms with E-state index < -0.39 is 5.97 Å². The molecule has 0 amide bonds. The third kappa shape index (κ3) is 2.82. The van der Waals surface area contributed by atoms with Gasteiger partial charge in [0, 0.05) is 18.0 Å². The quantitative estimate of drug-likeness (QED) is 0.877. The molecule has 2 N–H and O–H groups in total. The van der Waals surface area contributed by atoms with Crippen molar-refractivity contribution >= 4 is 5.97 Å². The molecule has 5 heteroatoms. The van der Waals surface area contributed by atoms with E-state index in [-0.39, 0.29) is 22.9 Å². The molecule has 0 aromatic carbocycles. The van der Waals surface area contributed by atoms with Gasteiger partial charge >= 0.3 is 5.97 Å². The van der Waals surface area contributed by atoms with E-state index in [0.717, 1.165) is 0 Å². The molecule has 0 radical (unpaired) electrons. The lowest BCUT2D eigenvalue weighted by Gasteiger charge is -2.49. The molecular weight excluding hydrogens is 246 g/mol. The summed E-state index contributed by atoms with van der Waals surface area (Å²) in [5.41, 5.74) is -0.392. The Morgan fingerprint density at radius 2 is 2.11 bits per heavy atom. The number of aromatic carboxylic acids is 1. The topological polar surface area (TPSA) is 71.7 Å². The molecule has 19 heavy (non-hydrogen) atoms. The number of ether oxygens (including phenoxy) is 1. The number of morpholine rings is 1. The van der Waals surface area contributed by atoms with E-state index in [1.165, 1.54) is 6.07 Å². The lowest BCUT2D eigenvalue weighted by molar-refractivity contribution is -0.121. The van der Waals surface area contributed by atoms with Crippen molar-refractivity contribution in [1.29, 1.82) is 0 Å². The maximum atomic E-state index is 10.8. The zero-order valence-corrected chi connectivity index (χ0v) is 11.8. The SMILES string of the molecule is CC1(C)NC(Cc2ccc(C(=O)O)o2)COC1(C)C. The molecule has 2 rings (SSSR count). The molecule has 1 aromatic rings. The van der Waals surface area contributed by atoms with Gasteiger partial charge in [0.1, 0.15) is 5.76 Å². The van der Waals surface area contributed by atoms with Crippen LogP contribution in [0.2, 0.25) is 0 Å². The van der Waals surface area contributed by atoms with Crippen LogP contribution in [0.4, 0.5) is 0 Å². The summed E-state index contributed by atoms with van der Waals surface area (Å²) >= 11 is 0. The number of carboxylic acids is 1. The van der Waals surface area contributed by atoms with Crippen LogP contribution in [-0.2, 0) is 11.2 Å². The molecule has 1 aliphatic heterocycles. The van der Waals surface area contributed by atoms with Gasteiger partial charge in [-0.25, -0.2) is 4.79 Å². The first-order valence-corrected chi connectivity index (χ1v) is 6.45. The summed E-state index contributed by atoms with van der Waals surface area (Å²) in [7, 11) is 0. The lowest BCUT2D eigenvalue weighted by Crippen LogP contribution is -2.66. The van der Waals surface area contributed by atoms with Crippen molar-refractivity contribution in [3.63, 3.8) is 0 Å². The lowest BCUT2D eigenvalue weighted by atomic mass is 9.83. The second-order valence-electron chi connectivity index (χ2n) is 6.06. The van der Waals surface area contributed by atoms with Gasteiger partial charge in [-0.2, -0.15) is 0 Å². The van der Waals surface area contributed by atoms with Gasteiger partial charge in [0.15, 0.2) is 0 Å². The molecule has 0 spiro atoms. The second-order valence-corrected chi connectivity index (χ2v) is 6.06. The largest absolute Gasteiger partial charge is 0.475 e. The average Bonchev–Trinajstić information content (AvgIpc) is 2.72. The van der Waals surface area contributed by atoms with E-state index in [9.17, 15) is 4.79 Å². The normalized spacial score (nSPS) is 25.2. The average molecular weight is 267 g/mol. The predicted molar refractivity (Wildman–Crippen MR) is 70.4 cm³/mol. The highest BCUT2D eigenvalue weighted by Gasteiger charge is 2.43. The minimum Gasteiger partial charge on any atom is -0.475 e. The van der Waals surface area contributed by atoms with Gasteiger partial charge in [-0.05, 0) is 39.8 Å². The molecule has 5 nitrogen and oxygen atoms in total. The summed E-state index contributed by atoms with van der Waals surface area (Å²) in [6, 6.07) is 3.31. The molecule has 0 bridgehead atoms. The van der Waals surface area contributed by atoms with Crippen LogP contribution in [0.3, 0.4) is 0 Å². The van der Waals surface area contributed by atoms with Gasteiger partial charge < -0.3 is 19.6 Å². The van der Waals surface area contributed by atoms with Crippen LogP contribution in [0.5, 0.6) is 0 Å². The van der Waals surface area contributed by atoms with Gasteiger partial charge in [-0.1, -0.05) is 0 Å². The molecule has 1 unspecified atom stereocenters. The summed E-state index contributed by atoms with van der Waals surface area (Å²) in [6.45, 7) is 8.91. The standard InChI is InChI=1S/C14H21NO4/c1-13(2)14(3,4)18-8-9(15-13)7-10-5-6-11(19-10)12(16)17/h5-6,9,15H,7-8H2,1-4H3,(H,16,17). The van der Waals surface area contributed by atoms with E-state index in [1.807, 2.05) is 0 Å². The molecule has 1 atom stereocenters. The van der Waals surface area contributed by atoms with Gasteiger partial charge in [-0.3, -0.25) is 0 Å². The van der Waals surface area contributed by atoms with E-state index in [4.69, 9.17) is 14.3 Å². The van der Waals surface area contributed by atoms with Crippen LogP contribution >= 0.6 is 0 Å². The first-order chi connectivity index (χ1) is 8.71. The third-order valence-electron chi connectivity index (χ3n) is 4.04. The Hall–Kier alpha value is -1.33. The fourth-order valence-corrected chi connectivity index (χ4v) is 2.17. The van der Waals surface area contributed by atoms with E-state index in [0.29, 0.717) is 18.8 Å². The van der Waals surface area contributed by atoms with Gasteiger partial charge in [0.05, 0.1) is 12.2 Å². The molecule has 1 aromatic heterocycles. The number of rotatable bonds is 3. The van der Waals surface area contributed by atoms with E-state index >= 15 is 0 Å². The minimum atomic E-state index is -1.04. The number of furan rings is 1. The molecule has 0 aliphatic carbocycles. The van der Waals surface area contributed by atoms with Crippen molar-refractivity contribution in [3.8, 4) is 0 Å². The zero-order chi connectivity index (χ0) is 14.3. The van der Waals surface area contributed by atoms with Crippen molar-refractivity contribution in [2.75, 3.05) is 6.61 Å². The van der Waals surface area contributed by atoms with Crippen molar-refractivity contribution in [2.45, 2.75) is 51.3 Å². The van der Waals surface area contributed by atoms with Crippen LogP contribution in [0, 0.1) is 0 Å². The highest BCUT2D eigenvalue weighted by molar-refractivity contribution is 5.84. The molecule has 2 heterocycles. The summed E-state index contributed by atoms with van der Waals surface area (Å²) in [4.78, 5) is 10.8. The van der Waals surface area contributed by atoms with E-state index in [2.05, 4.69) is 33.0 Å². The summed E-state index contributed by atoms with van der Waals surface area (Å²) in [6.07, 6.45) is 0.618. The summed E-state index contributed by atoms with van der Waals surface area (Å²) in [5.74, 6) is -0.402. The van der Waals surface area contributed by atoms with Gasteiger partial charge in [0.2, 0.25) is 5.76 Å². The number of carboxylic acid groups (broad SMARTS) is 1. The van der Waals surface area contributed by atoms with Crippen LogP contribution in [0.25, 0.3) is 0 Å². The van der Waals surface area contributed by atoms with Crippen molar-refractivity contribution < 1.29 is 19.1 Å². The van der Waals surface area contributed by atoms with Crippen molar-refractivity contribution in [3.05, 3.63) is 23.7 Å². The smallest absolute Gasteiger partial charge is 0.371 e. The highest BCUT2D eigenvalue weighted by Crippen LogP contribution is 2.30. The number of carbonyl (C=O) groups is 1. The first-order valence-electron chi connectivity index (χ1n) is 6.45.